The molecule has 9 nitrogen and oxygen atoms in total. The highest BCUT2D eigenvalue weighted by atomic mass is 32.2. The molecule has 1 aliphatic rings. The molecule has 2 rings (SSSR count). The number of nitrogens with one attached hydrogen (secondary N) is 1. The molecule has 110 valence electrons. The van der Waals surface area contributed by atoms with Gasteiger partial charge in [-0.1, -0.05) is 0 Å². The molecule has 1 aliphatic heterocycles. The lowest BCUT2D eigenvalue weighted by atomic mass is 10.2. The molecule has 1 fully saturated rings. The lowest BCUT2D eigenvalue weighted by molar-refractivity contribution is -0.384. The minimum atomic E-state index is -3.07. The summed E-state index contributed by atoms with van der Waals surface area (Å²) < 4.78 is 23.0. The third-order valence-electron chi connectivity index (χ3n) is 3.26. The van der Waals surface area contributed by atoms with Crippen LogP contribution in [0.4, 0.5) is 17.5 Å². The summed E-state index contributed by atoms with van der Waals surface area (Å²) >= 11 is 0. The van der Waals surface area contributed by atoms with Crippen molar-refractivity contribution in [1.82, 2.24) is 9.97 Å². The fourth-order valence-corrected chi connectivity index (χ4v) is 3.90. The van der Waals surface area contributed by atoms with E-state index in [9.17, 15) is 18.5 Å². The van der Waals surface area contributed by atoms with E-state index in [2.05, 4.69) is 15.3 Å². The van der Waals surface area contributed by atoms with Crippen LogP contribution in [0.25, 0.3) is 0 Å². The van der Waals surface area contributed by atoms with E-state index in [0.29, 0.717) is 6.42 Å². The largest absolute Gasteiger partial charge is 0.357 e. The van der Waals surface area contributed by atoms with E-state index in [1.807, 2.05) is 0 Å². The second kappa shape index (κ2) is 5.19. The van der Waals surface area contributed by atoms with E-state index in [4.69, 9.17) is 0 Å². The molecule has 1 aromatic heterocycles. The maximum Gasteiger partial charge on any atom is 0.329 e. The summed E-state index contributed by atoms with van der Waals surface area (Å²) in [6.45, 7) is 0. The zero-order chi connectivity index (χ0) is 14.9. The van der Waals surface area contributed by atoms with Gasteiger partial charge in [0, 0.05) is 20.1 Å². The first-order valence-electron chi connectivity index (χ1n) is 5.96. The zero-order valence-electron chi connectivity index (χ0n) is 11.1. The molecule has 1 unspecified atom stereocenters. The lowest BCUT2D eigenvalue weighted by Crippen LogP contribution is -2.33. The summed E-state index contributed by atoms with van der Waals surface area (Å²) in [5.74, 6) is 0.453. The Morgan fingerprint density at radius 1 is 1.55 bits per heavy atom. The highest BCUT2D eigenvalue weighted by Crippen LogP contribution is 2.29. The van der Waals surface area contributed by atoms with Gasteiger partial charge >= 0.3 is 5.69 Å². The standard InChI is InChI=1S/C10H15N5O4S/c1-11-10-12-5-8(15(16)17)9(13-10)14(2)7-3-4-20(18,19)6-7/h5,7H,3-4,6H2,1-2H3,(H,11,12,13). The highest BCUT2D eigenvalue weighted by Gasteiger charge is 2.34. The first-order valence-corrected chi connectivity index (χ1v) is 7.78. The van der Waals surface area contributed by atoms with Gasteiger partial charge in [-0.3, -0.25) is 10.1 Å². The fraction of sp³-hybridized carbons (Fsp3) is 0.600. The molecule has 0 aliphatic carbocycles. The first-order chi connectivity index (χ1) is 9.34. The van der Waals surface area contributed by atoms with E-state index in [1.165, 1.54) is 0 Å². The van der Waals surface area contributed by atoms with Gasteiger partial charge in [-0.05, 0) is 6.42 Å². The molecule has 2 heterocycles. The normalized spacial score (nSPS) is 20.6. The smallest absolute Gasteiger partial charge is 0.329 e. The number of rotatable bonds is 4. The number of sulfone groups is 1. The predicted octanol–water partition coefficient (Wildman–Crippen LogP) is 0.0498. The highest BCUT2D eigenvalue weighted by molar-refractivity contribution is 7.91. The van der Waals surface area contributed by atoms with Gasteiger partial charge in [-0.2, -0.15) is 4.98 Å². The topological polar surface area (TPSA) is 118 Å². The average Bonchev–Trinajstić information content (AvgIpc) is 2.77. The average molecular weight is 301 g/mol. The van der Waals surface area contributed by atoms with E-state index < -0.39 is 14.8 Å². The van der Waals surface area contributed by atoms with Crippen LogP contribution in [0.5, 0.6) is 0 Å². The lowest BCUT2D eigenvalue weighted by Gasteiger charge is -2.24. The first kappa shape index (κ1) is 14.4. The van der Waals surface area contributed by atoms with Crippen molar-refractivity contribution in [1.29, 1.82) is 0 Å². The minimum Gasteiger partial charge on any atom is -0.357 e. The Morgan fingerprint density at radius 3 is 2.75 bits per heavy atom. The van der Waals surface area contributed by atoms with Gasteiger partial charge in [0.25, 0.3) is 0 Å². The number of nitrogens with zero attached hydrogens (tertiary/aromatic N) is 4. The molecule has 20 heavy (non-hydrogen) atoms. The Balaban J connectivity index is 2.37. The van der Waals surface area contributed by atoms with Crippen molar-refractivity contribution in [3.8, 4) is 0 Å². The van der Waals surface area contributed by atoms with Crippen LogP contribution >= 0.6 is 0 Å². The summed E-state index contributed by atoms with van der Waals surface area (Å²) in [5.41, 5.74) is -0.240. The van der Waals surface area contributed by atoms with Crippen molar-refractivity contribution in [3.05, 3.63) is 16.3 Å². The molecule has 0 aromatic carbocycles. The van der Waals surface area contributed by atoms with Gasteiger partial charge in [0.15, 0.2) is 9.84 Å². The summed E-state index contributed by atoms with van der Waals surface area (Å²) in [5, 5.41) is 13.7. The van der Waals surface area contributed by atoms with Gasteiger partial charge in [0.1, 0.15) is 6.20 Å². The quantitative estimate of drug-likeness (QED) is 0.612. The van der Waals surface area contributed by atoms with Gasteiger partial charge in [-0.25, -0.2) is 13.4 Å². The van der Waals surface area contributed by atoms with Crippen molar-refractivity contribution >= 4 is 27.3 Å². The second-order valence-corrected chi connectivity index (χ2v) is 6.81. The summed E-state index contributed by atoms with van der Waals surface area (Å²) in [7, 11) is 0.146. The van der Waals surface area contributed by atoms with Crippen LogP contribution < -0.4 is 10.2 Å². The van der Waals surface area contributed by atoms with Crippen molar-refractivity contribution in [3.63, 3.8) is 0 Å². The molecule has 0 spiro atoms. The molecule has 1 N–H and O–H groups in total. The monoisotopic (exact) mass is 301 g/mol. The molecule has 0 radical (unpaired) electrons. The Kier molecular flexibility index (Phi) is 3.75. The van der Waals surface area contributed by atoms with Crippen molar-refractivity contribution in [2.45, 2.75) is 12.5 Å². The number of anilines is 2. The Morgan fingerprint density at radius 2 is 2.25 bits per heavy atom. The van der Waals surface area contributed by atoms with Crippen LogP contribution in [0.3, 0.4) is 0 Å². The van der Waals surface area contributed by atoms with E-state index >= 15 is 0 Å². The third kappa shape index (κ3) is 2.79. The molecular weight excluding hydrogens is 286 g/mol. The Labute approximate surface area is 116 Å². The van der Waals surface area contributed by atoms with Crippen LogP contribution in [0, 0.1) is 10.1 Å². The molecule has 1 aromatic rings. The molecule has 10 heteroatoms. The van der Waals surface area contributed by atoms with Crippen LogP contribution in [-0.2, 0) is 9.84 Å². The summed E-state index contributed by atoms with van der Waals surface area (Å²) in [6, 6.07) is -0.307. The second-order valence-electron chi connectivity index (χ2n) is 4.58. The van der Waals surface area contributed by atoms with Gasteiger partial charge in [-0.15, -0.1) is 0 Å². The Hall–Kier alpha value is -1.97. The maximum atomic E-state index is 11.5. The Bertz CT molecular complexity index is 633. The predicted molar refractivity (Wildman–Crippen MR) is 73.7 cm³/mol. The van der Waals surface area contributed by atoms with Gasteiger partial charge < -0.3 is 10.2 Å². The number of hydrogen-bond acceptors (Lipinski definition) is 8. The SMILES string of the molecule is CNc1ncc([N+](=O)[O-])c(N(C)C2CCS(=O)(=O)C2)n1. The van der Waals surface area contributed by atoms with Crippen LogP contribution in [0.15, 0.2) is 6.20 Å². The van der Waals surface area contributed by atoms with E-state index in [0.717, 1.165) is 6.20 Å². The van der Waals surface area contributed by atoms with Crippen molar-refractivity contribution in [2.24, 2.45) is 0 Å². The zero-order valence-corrected chi connectivity index (χ0v) is 11.9. The van der Waals surface area contributed by atoms with E-state index in [1.54, 1.807) is 19.0 Å². The molecule has 1 atom stereocenters. The third-order valence-corrected chi connectivity index (χ3v) is 5.01. The maximum absolute atomic E-state index is 11.5. The van der Waals surface area contributed by atoms with Crippen LogP contribution in [0.2, 0.25) is 0 Å². The number of nitro groups is 1. The van der Waals surface area contributed by atoms with Gasteiger partial charge in [0.2, 0.25) is 11.8 Å². The van der Waals surface area contributed by atoms with Crippen LogP contribution in [0.1, 0.15) is 6.42 Å². The molecule has 0 bridgehead atoms. The fourth-order valence-electron chi connectivity index (χ4n) is 2.13. The summed E-state index contributed by atoms with van der Waals surface area (Å²) in [6.07, 6.45) is 1.56. The molecular formula is C10H15N5O4S. The molecule has 0 amide bonds. The number of aromatic nitrogens is 2. The van der Waals surface area contributed by atoms with Crippen molar-refractivity contribution < 1.29 is 13.3 Å². The van der Waals surface area contributed by atoms with Crippen molar-refractivity contribution in [2.75, 3.05) is 35.8 Å². The molecule has 1 saturated heterocycles. The van der Waals surface area contributed by atoms with Gasteiger partial charge in [0.05, 0.1) is 16.4 Å². The molecule has 0 saturated carbocycles. The van der Waals surface area contributed by atoms with E-state index in [-0.39, 0.29) is 35.0 Å². The van der Waals surface area contributed by atoms with Crippen LogP contribution in [-0.4, -0.2) is 55.0 Å². The summed E-state index contributed by atoms with van der Waals surface area (Å²) in [4.78, 5) is 19.9. The number of hydrogen-bond donors (Lipinski definition) is 1. The minimum absolute atomic E-state index is 0.0143.